The SMILES string of the molecule is NC1C=C(Cc2ccsc2)CNC1. The lowest BCUT2D eigenvalue weighted by atomic mass is 10.0. The molecular formula is C10H14N2S. The molecule has 3 N–H and O–H groups in total. The second kappa shape index (κ2) is 4.05. The largest absolute Gasteiger partial charge is 0.323 e. The van der Waals surface area contributed by atoms with Gasteiger partial charge in [0.05, 0.1) is 0 Å². The number of hydrogen-bond acceptors (Lipinski definition) is 3. The molecule has 0 amide bonds. The van der Waals surface area contributed by atoms with Gasteiger partial charge in [-0.15, -0.1) is 0 Å². The average Bonchev–Trinajstić information content (AvgIpc) is 2.57. The molecule has 1 aliphatic rings. The van der Waals surface area contributed by atoms with Crippen molar-refractivity contribution in [3.05, 3.63) is 34.0 Å². The molecule has 0 saturated carbocycles. The van der Waals surface area contributed by atoms with Crippen LogP contribution in [0.25, 0.3) is 0 Å². The third-order valence-electron chi connectivity index (χ3n) is 2.19. The van der Waals surface area contributed by atoms with Crippen LogP contribution in [0.15, 0.2) is 28.5 Å². The van der Waals surface area contributed by atoms with Gasteiger partial charge in [0, 0.05) is 19.1 Å². The first kappa shape index (κ1) is 8.94. The molecule has 0 aliphatic carbocycles. The van der Waals surface area contributed by atoms with Gasteiger partial charge >= 0.3 is 0 Å². The molecule has 1 atom stereocenters. The molecular weight excluding hydrogens is 180 g/mol. The summed E-state index contributed by atoms with van der Waals surface area (Å²) in [5, 5.41) is 7.62. The Morgan fingerprint density at radius 3 is 3.23 bits per heavy atom. The zero-order valence-corrected chi connectivity index (χ0v) is 8.31. The minimum atomic E-state index is 0.197. The van der Waals surface area contributed by atoms with Gasteiger partial charge in [-0.05, 0) is 28.8 Å². The van der Waals surface area contributed by atoms with Crippen molar-refractivity contribution in [2.75, 3.05) is 13.1 Å². The van der Waals surface area contributed by atoms with Crippen LogP contribution in [0, 0.1) is 0 Å². The van der Waals surface area contributed by atoms with Gasteiger partial charge in [0.25, 0.3) is 0 Å². The van der Waals surface area contributed by atoms with Crippen LogP contribution < -0.4 is 11.1 Å². The molecule has 0 radical (unpaired) electrons. The fraction of sp³-hybridized carbons (Fsp3) is 0.400. The second-order valence-electron chi connectivity index (χ2n) is 3.43. The van der Waals surface area contributed by atoms with Crippen LogP contribution in [-0.2, 0) is 6.42 Å². The van der Waals surface area contributed by atoms with Gasteiger partial charge in [-0.2, -0.15) is 11.3 Å². The third kappa shape index (κ3) is 2.40. The van der Waals surface area contributed by atoms with E-state index in [1.54, 1.807) is 11.3 Å². The Morgan fingerprint density at radius 2 is 2.54 bits per heavy atom. The fourth-order valence-electron chi connectivity index (χ4n) is 1.60. The Bertz CT molecular complexity index is 290. The minimum Gasteiger partial charge on any atom is -0.323 e. The van der Waals surface area contributed by atoms with E-state index in [-0.39, 0.29) is 6.04 Å². The van der Waals surface area contributed by atoms with Crippen molar-refractivity contribution >= 4 is 11.3 Å². The van der Waals surface area contributed by atoms with Crippen LogP contribution >= 0.6 is 11.3 Å². The van der Waals surface area contributed by atoms with Crippen molar-refractivity contribution in [2.45, 2.75) is 12.5 Å². The van der Waals surface area contributed by atoms with E-state index < -0.39 is 0 Å². The standard InChI is InChI=1S/C10H14N2S/c11-10-4-9(5-12-6-10)3-8-1-2-13-7-8/h1-2,4,7,10,12H,3,5-6,11H2. The van der Waals surface area contributed by atoms with Gasteiger partial charge in [-0.25, -0.2) is 0 Å². The summed E-state index contributed by atoms with van der Waals surface area (Å²) in [6, 6.07) is 2.37. The highest BCUT2D eigenvalue weighted by molar-refractivity contribution is 7.07. The fourth-order valence-corrected chi connectivity index (χ4v) is 2.27. The summed E-state index contributed by atoms with van der Waals surface area (Å²) in [5.41, 5.74) is 8.63. The molecule has 1 aliphatic heterocycles. The zero-order chi connectivity index (χ0) is 9.10. The van der Waals surface area contributed by atoms with E-state index in [1.165, 1.54) is 11.1 Å². The molecule has 2 nitrogen and oxygen atoms in total. The zero-order valence-electron chi connectivity index (χ0n) is 7.49. The summed E-state index contributed by atoms with van der Waals surface area (Å²) in [4.78, 5) is 0. The number of thiophene rings is 1. The van der Waals surface area contributed by atoms with Crippen molar-refractivity contribution < 1.29 is 0 Å². The van der Waals surface area contributed by atoms with E-state index in [1.807, 2.05) is 0 Å². The summed E-state index contributed by atoms with van der Waals surface area (Å²) in [5.74, 6) is 0. The third-order valence-corrected chi connectivity index (χ3v) is 2.93. The molecule has 1 aromatic rings. The normalized spacial score (nSPS) is 22.8. The lowest BCUT2D eigenvalue weighted by Gasteiger charge is -2.18. The minimum absolute atomic E-state index is 0.197. The Kier molecular flexibility index (Phi) is 2.78. The summed E-state index contributed by atoms with van der Waals surface area (Å²) in [6.07, 6.45) is 3.23. The number of nitrogens with one attached hydrogen (secondary N) is 1. The van der Waals surface area contributed by atoms with E-state index in [0.717, 1.165) is 19.5 Å². The molecule has 70 valence electrons. The summed E-state index contributed by atoms with van der Waals surface area (Å²) in [7, 11) is 0. The quantitative estimate of drug-likeness (QED) is 0.693. The van der Waals surface area contributed by atoms with Crippen LogP contribution in [0.4, 0.5) is 0 Å². The Labute approximate surface area is 82.5 Å². The van der Waals surface area contributed by atoms with Gasteiger partial charge in [-0.3, -0.25) is 0 Å². The second-order valence-corrected chi connectivity index (χ2v) is 4.21. The maximum Gasteiger partial charge on any atom is 0.0354 e. The highest BCUT2D eigenvalue weighted by atomic mass is 32.1. The summed E-state index contributed by atoms with van der Waals surface area (Å²) < 4.78 is 0. The van der Waals surface area contributed by atoms with E-state index in [9.17, 15) is 0 Å². The maximum absolute atomic E-state index is 5.82. The van der Waals surface area contributed by atoms with Crippen molar-refractivity contribution in [1.82, 2.24) is 5.32 Å². The number of hydrogen-bond donors (Lipinski definition) is 2. The monoisotopic (exact) mass is 194 g/mol. The highest BCUT2D eigenvalue weighted by Crippen LogP contribution is 2.13. The van der Waals surface area contributed by atoms with Gasteiger partial charge in [-0.1, -0.05) is 11.6 Å². The molecule has 3 heteroatoms. The molecule has 13 heavy (non-hydrogen) atoms. The smallest absolute Gasteiger partial charge is 0.0354 e. The molecule has 2 rings (SSSR count). The van der Waals surface area contributed by atoms with Crippen molar-refractivity contribution in [2.24, 2.45) is 5.73 Å². The van der Waals surface area contributed by atoms with Gasteiger partial charge in [0.2, 0.25) is 0 Å². The molecule has 2 heterocycles. The molecule has 0 spiro atoms. The molecule has 0 saturated heterocycles. The molecule has 0 bridgehead atoms. The van der Waals surface area contributed by atoms with Crippen LogP contribution in [-0.4, -0.2) is 19.1 Å². The van der Waals surface area contributed by atoms with Crippen molar-refractivity contribution in [3.8, 4) is 0 Å². The first-order valence-corrected chi connectivity index (χ1v) is 5.46. The van der Waals surface area contributed by atoms with Crippen molar-refractivity contribution in [3.63, 3.8) is 0 Å². The van der Waals surface area contributed by atoms with E-state index in [4.69, 9.17) is 5.73 Å². The molecule has 0 aromatic carbocycles. The Morgan fingerprint density at radius 1 is 1.62 bits per heavy atom. The predicted octanol–water partition coefficient (Wildman–Crippen LogP) is 1.15. The molecule has 1 aromatic heterocycles. The van der Waals surface area contributed by atoms with Crippen molar-refractivity contribution in [1.29, 1.82) is 0 Å². The molecule has 1 unspecified atom stereocenters. The van der Waals surface area contributed by atoms with Crippen LogP contribution in [0.1, 0.15) is 5.56 Å². The van der Waals surface area contributed by atoms with Gasteiger partial charge < -0.3 is 11.1 Å². The lowest BCUT2D eigenvalue weighted by Crippen LogP contribution is -2.38. The first-order chi connectivity index (χ1) is 6.34. The van der Waals surface area contributed by atoms with E-state index in [0.29, 0.717) is 0 Å². The maximum atomic E-state index is 5.82. The Balaban J connectivity index is 2.02. The van der Waals surface area contributed by atoms with Crippen LogP contribution in [0.5, 0.6) is 0 Å². The van der Waals surface area contributed by atoms with Gasteiger partial charge in [0.15, 0.2) is 0 Å². The average molecular weight is 194 g/mol. The van der Waals surface area contributed by atoms with E-state index >= 15 is 0 Å². The van der Waals surface area contributed by atoms with Crippen LogP contribution in [0.2, 0.25) is 0 Å². The number of rotatable bonds is 2. The van der Waals surface area contributed by atoms with Gasteiger partial charge in [0.1, 0.15) is 0 Å². The van der Waals surface area contributed by atoms with Crippen LogP contribution in [0.3, 0.4) is 0 Å². The number of nitrogens with two attached hydrogens (primary N) is 1. The lowest BCUT2D eigenvalue weighted by molar-refractivity contribution is 0.627. The summed E-state index contributed by atoms with van der Waals surface area (Å²) in [6.45, 7) is 1.90. The Hall–Kier alpha value is -0.640. The van der Waals surface area contributed by atoms with E-state index in [2.05, 4.69) is 28.2 Å². The predicted molar refractivity (Wildman–Crippen MR) is 57.0 cm³/mol. The highest BCUT2D eigenvalue weighted by Gasteiger charge is 2.09. The summed E-state index contributed by atoms with van der Waals surface area (Å²) >= 11 is 1.75. The molecule has 0 fully saturated rings. The first-order valence-electron chi connectivity index (χ1n) is 4.51. The topological polar surface area (TPSA) is 38.0 Å².